The summed E-state index contributed by atoms with van der Waals surface area (Å²) < 4.78 is 0.247. The summed E-state index contributed by atoms with van der Waals surface area (Å²) in [6, 6.07) is 5.35. The minimum Gasteiger partial charge on any atom is -0.371 e. The van der Waals surface area contributed by atoms with Crippen LogP contribution in [-0.4, -0.2) is 123 Å². The predicted molar refractivity (Wildman–Crippen MR) is 105 cm³/mol. The fourth-order valence-corrected chi connectivity index (χ4v) is 4.76. The Kier molecular flexibility index (Phi) is 5.07. The number of rotatable bonds is 3. The van der Waals surface area contributed by atoms with E-state index in [2.05, 4.69) is 5.10 Å². The van der Waals surface area contributed by atoms with E-state index in [1.807, 2.05) is 5.32 Å². The van der Waals surface area contributed by atoms with E-state index >= 15 is 0 Å². The van der Waals surface area contributed by atoms with Crippen molar-refractivity contribution in [1.29, 1.82) is 0 Å². The topological polar surface area (TPSA) is 293 Å². The number of fused-ring (bicyclic) bond motifs is 3. The molecule has 13 N–H and O–H groups in total. The highest BCUT2D eigenvalue weighted by molar-refractivity contribution is 6.05. The monoisotopic (exact) mass is 504 g/mol. The lowest BCUT2D eigenvalue weighted by Crippen LogP contribution is -2.95. The largest absolute Gasteiger partial charge is 0.389 e. The quantitative estimate of drug-likeness (QED) is 0.173. The average Bonchev–Trinajstić information content (AvgIpc) is 3.11. The molecule has 2 bridgehead atoms. The van der Waals surface area contributed by atoms with Crippen LogP contribution < -0.4 is 5.32 Å². The van der Waals surface area contributed by atoms with Crippen LogP contribution in [0.3, 0.4) is 0 Å². The van der Waals surface area contributed by atoms with Gasteiger partial charge < -0.3 is 66.6 Å². The van der Waals surface area contributed by atoms with Crippen molar-refractivity contribution in [2.24, 2.45) is 0 Å². The molecule has 0 saturated carbocycles. The average molecular weight is 504 g/mol. The normalized spacial score (nSPS) is 34.1. The number of carbonyl (C=O) groups is 1. The summed E-state index contributed by atoms with van der Waals surface area (Å²) in [5.74, 6) is -14.2. The van der Waals surface area contributed by atoms with Gasteiger partial charge in [-0.2, -0.15) is 9.78 Å². The molecule has 2 unspecified atom stereocenters. The van der Waals surface area contributed by atoms with Gasteiger partial charge in [-0.25, -0.2) is 4.90 Å². The van der Waals surface area contributed by atoms with Gasteiger partial charge in [-0.3, -0.25) is 4.79 Å². The second kappa shape index (κ2) is 6.89. The number of aromatic nitrogens is 2. The van der Waals surface area contributed by atoms with E-state index in [0.717, 1.165) is 7.05 Å². The number of para-hydroxylation sites is 1. The molecule has 1 amide bonds. The van der Waals surface area contributed by atoms with Gasteiger partial charge in [0, 0.05) is 18.2 Å². The van der Waals surface area contributed by atoms with Crippen molar-refractivity contribution >= 4 is 16.8 Å². The molecule has 0 spiro atoms. The second-order valence-electron chi connectivity index (χ2n) is 8.93. The van der Waals surface area contributed by atoms with Gasteiger partial charge in [0.25, 0.3) is 23.3 Å². The van der Waals surface area contributed by atoms with Crippen LogP contribution in [0.15, 0.2) is 24.3 Å². The summed E-state index contributed by atoms with van der Waals surface area (Å²) in [6.45, 7) is 0. The highest BCUT2D eigenvalue weighted by Gasteiger charge is 2.86. The molecule has 17 nitrogen and oxygen atoms in total. The fourth-order valence-electron chi connectivity index (χ4n) is 4.76. The Morgan fingerprint density at radius 2 is 1.37 bits per heavy atom. The SMILES string of the molecule is CN1C2(O)CC(O)(NC(=O)c3nn(C(O)(O)O)c4ccccc34)CC1(O)C(O)(O)C(O)(O)C2(O)O. The van der Waals surface area contributed by atoms with Crippen molar-refractivity contribution in [2.75, 3.05) is 7.05 Å². The Bertz CT molecular complexity index is 1170. The highest BCUT2D eigenvalue weighted by Crippen LogP contribution is 2.57. The molecule has 2 aliphatic heterocycles. The van der Waals surface area contributed by atoms with E-state index in [0.29, 0.717) is 0 Å². The van der Waals surface area contributed by atoms with Crippen LogP contribution >= 0.6 is 0 Å². The van der Waals surface area contributed by atoms with Crippen molar-refractivity contribution < 1.29 is 66.1 Å². The first-order valence-corrected chi connectivity index (χ1v) is 9.89. The van der Waals surface area contributed by atoms with Gasteiger partial charge in [0.2, 0.25) is 0 Å². The van der Waals surface area contributed by atoms with Gasteiger partial charge >= 0.3 is 6.10 Å². The van der Waals surface area contributed by atoms with Gasteiger partial charge in [0.1, 0.15) is 5.72 Å². The number of carbonyl (C=O) groups excluding carboxylic acids is 1. The van der Waals surface area contributed by atoms with E-state index in [1.54, 1.807) is 0 Å². The molecule has 1 aromatic carbocycles. The first kappa shape index (κ1) is 25.7. The summed E-state index contributed by atoms with van der Waals surface area (Å²) in [6.07, 6.45) is -6.24. The highest BCUT2D eigenvalue weighted by atomic mass is 16.7. The lowest BCUT2D eigenvalue weighted by molar-refractivity contribution is -0.581. The van der Waals surface area contributed by atoms with Crippen LogP contribution in [0.4, 0.5) is 0 Å². The minimum absolute atomic E-state index is 0.0808. The van der Waals surface area contributed by atoms with Crippen molar-refractivity contribution in [3.63, 3.8) is 0 Å². The van der Waals surface area contributed by atoms with Crippen LogP contribution in [0, 0.1) is 0 Å². The number of nitrogens with one attached hydrogen (secondary N) is 1. The molecule has 0 aliphatic carbocycles. The molecular weight excluding hydrogens is 480 g/mol. The van der Waals surface area contributed by atoms with Gasteiger partial charge in [-0.05, 0) is 13.1 Å². The molecule has 4 rings (SSSR count). The molecule has 1 aromatic heterocycles. The summed E-state index contributed by atoms with van der Waals surface area (Å²) in [4.78, 5) is 13.2. The summed E-state index contributed by atoms with van der Waals surface area (Å²) >= 11 is 0. The van der Waals surface area contributed by atoms with Crippen LogP contribution in [0.5, 0.6) is 0 Å². The molecule has 2 atom stereocenters. The Hall–Kier alpha value is -2.36. The smallest absolute Gasteiger partial charge is 0.371 e. The number of nitrogens with zero attached hydrogens (tertiary/aromatic N) is 3. The van der Waals surface area contributed by atoms with E-state index < -0.39 is 65.1 Å². The lowest BCUT2D eigenvalue weighted by atomic mass is 9.65. The van der Waals surface area contributed by atoms with Gasteiger partial charge in [0.15, 0.2) is 17.1 Å². The van der Waals surface area contributed by atoms with Crippen LogP contribution in [0.1, 0.15) is 23.3 Å². The Morgan fingerprint density at radius 3 is 1.86 bits per heavy atom. The van der Waals surface area contributed by atoms with E-state index in [-0.39, 0.29) is 20.5 Å². The molecule has 2 aliphatic rings. The zero-order valence-corrected chi connectivity index (χ0v) is 17.8. The molecule has 2 aromatic rings. The van der Waals surface area contributed by atoms with Crippen LogP contribution in [0.25, 0.3) is 10.9 Å². The van der Waals surface area contributed by atoms with Crippen LogP contribution in [-0.2, 0) is 6.10 Å². The molecule has 3 heterocycles. The summed E-state index contributed by atoms with van der Waals surface area (Å²) in [5.41, 5.74) is -10.5. The minimum atomic E-state index is -4.37. The molecule has 194 valence electrons. The molecule has 17 heteroatoms. The maximum Gasteiger partial charge on any atom is 0.389 e. The number of piperidine rings is 2. The number of likely N-dealkylation sites (N-methyl/N-ethyl adjacent to an activating group) is 1. The molecule has 0 radical (unpaired) electrons. The zero-order valence-electron chi connectivity index (χ0n) is 17.8. The third kappa shape index (κ3) is 3.04. The summed E-state index contributed by atoms with van der Waals surface area (Å²) in [5, 5.41) is 128. The maximum absolute atomic E-state index is 13.0. The van der Waals surface area contributed by atoms with Crippen LogP contribution in [0.2, 0.25) is 0 Å². The van der Waals surface area contributed by atoms with E-state index in [4.69, 9.17) is 0 Å². The van der Waals surface area contributed by atoms with Crippen molar-refractivity contribution in [3.8, 4) is 0 Å². The zero-order chi connectivity index (χ0) is 26.6. The van der Waals surface area contributed by atoms with Crippen molar-refractivity contribution in [1.82, 2.24) is 20.0 Å². The predicted octanol–water partition coefficient (Wildman–Crippen LogP) is -6.84. The Labute approximate surface area is 194 Å². The van der Waals surface area contributed by atoms with Gasteiger partial charge in [0.05, 0.1) is 5.52 Å². The number of hydrogen-bond acceptors (Lipinski definition) is 15. The second-order valence-corrected chi connectivity index (χ2v) is 8.93. The molecular formula is C18H24N4O13. The standard InChI is InChI=1S/C18H24N4O13/c1-21-13(25)6-12(24,7-14(21,26)16(29,30)17(31,32)15(13,27)28)19-11(23)10-8-4-2-3-5-9(8)22(20-10)18(33,34)35/h2-5,24-35H,6-7H2,1H3,(H,19,23). The lowest BCUT2D eigenvalue weighted by Gasteiger charge is -2.68. The number of hydrogen-bond donors (Lipinski definition) is 13. The summed E-state index contributed by atoms with van der Waals surface area (Å²) in [7, 11) is 0.748. The van der Waals surface area contributed by atoms with E-state index in [9.17, 15) is 66.1 Å². The van der Waals surface area contributed by atoms with E-state index in [1.165, 1.54) is 24.3 Å². The maximum atomic E-state index is 13.0. The van der Waals surface area contributed by atoms with Crippen molar-refractivity contribution in [3.05, 3.63) is 30.0 Å². The molecule has 2 saturated heterocycles. The number of benzene rings is 1. The fraction of sp³-hybridized carbons (Fsp3) is 0.556. The molecule has 2 fully saturated rings. The third-order valence-electron chi connectivity index (χ3n) is 6.71. The third-order valence-corrected chi connectivity index (χ3v) is 6.71. The first-order chi connectivity index (χ1) is 15.7. The van der Waals surface area contributed by atoms with Gasteiger partial charge in [-0.15, -0.1) is 0 Å². The Balaban J connectivity index is 1.79. The van der Waals surface area contributed by atoms with Gasteiger partial charge in [-0.1, -0.05) is 18.2 Å². The molecule has 35 heavy (non-hydrogen) atoms. The van der Waals surface area contributed by atoms with Crippen molar-refractivity contribution in [2.45, 2.75) is 53.5 Å². The number of amides is 1. The Morgan fingerprint density at radius 1 is 0.886 bits per heavy atom. The number of aliphatic hydroxyl groups is 12. The first-order valence-electron chi connectivity index (χ1n) is 9.89.